The van der Waals surface area contributed by atoms with Gasteiger partial charge in [-0.3, -0.25) is 4.98 Å². The van der Waals surface area contributed by atoms with Crippen LogP contribution in [0.5, 0.6) is 5.75 Å². The fourth-order valence-electron chi connectivity index (χ4n) is 1.89. The van der Waals surface area contributed by atoms with Crippen LogP contribution >= 0.6 is 11.8 Å². The van der Waals surface area contributed by atoms with Crippen LogP contribution in [0.2, 0.25) is 0 Å². The molecule has 0 fully saturated rings. The maximum Gasteiger partial charge on any atom is 0.119 e. The van der Waals surface area contributed by atoms with Gasteiger partial charge in [0.2, 0.25) is 0 Å². The molecule has 0 saturated carbocycles. The van der Waals surface area contributed by atoms with Gasteiger partial charge in [-0.05, 0) is 29.2 Å². The quantitative estimate of drug-likeness (QED) is 0.666. The van der Waals surface area contributed by atoms with E-state index in [0.29, 0.717) is 6.61 Å². The predicted molar refractivity (Wildman–Crippen MR) is 90.0 cm³/mol. The van der Waals surface area contributed by atoms with Crippen molar-refractivity contribution in [2.75, 3.05) is 18.1 Å². The van der Waals surface area contributed by atoms with E-state index in [-0.39, 0.29) is 5.41 Å². The van der Waals surface area contributed by atoms with Gasteiger partial charge < -0.3 is 10.5 Å². The third-order valence-corrected chi connectivity index (χ3v) is 4.19. The van der Waals surface area contributed by atoms with Gasteiger partial charge in [0.05, 0.1) is 18.5 Å². The van der Waals surface area contributed by atoms with E-state index in [1.54, 1.807) is 24.2 Å². The number of benzene rings is 1. The molecule has 0 amide bonds. The molecule has 1 aromatic carbocycles. The predicted octanol–water partition coefficient (Wildman–Crippen LogP) is 4.13. The molecule has 4 heteroatoms. The van der Waals surface area contributed by atoms with Gasteiger partial charge in [0.1, 0.15) is 5.75 Å². The molecule has 0 spiro atoms. The van der Waals surface area contributed by atoms with Crippen molar-refractivity contribution < 1.29 is 4.74 Å². The molecule has 0 aliphatic heterocycles. The third kappa shape index (κ3) is 4.67. The Balaban J connectivity index is 1.80. The average Bonchev–Trinajstić information content (AvgIpc) is 2.45. The lowest BCUT2D eigenvalue weighted by atomic mass is 9.87. The summed E-state index contributed by atoms with van der Waals surface area (Å²) in [5.74, 6) is 1.76. The molecule has 2 aromatic rings. The molecule has 2 rings (SSSR count). The Morgan fingerprint density at radius 2 is 1.86 bits per heavy atom. The fourth-order valence-corrected chi connectivity index (χ4v) is 2.65. The zero-order valence-corrected chi connectivity index (χ0v) is 13.6. The normalized spacial score (nSPS) is 11.4. The first-order valence-electron chi connectivity index (χ1n) is 7.02. The highest BCUT2D eigenvalue weighted by Crippen LogP contribution is 2.25. The van der Waals surface area contributed by atoms with E-state index in [0.717, 1.165) is 22.1 Å². The van der Waals surface area contributed by atoms with Crippen LogP contribution in [0, 0.1) is 0 Å². The summed E-state index contributed by atoms with van der Waals surface area (Å²) in [6.45, 7) is 7.27. The van der Waals surface area contributed by atoms with Gasteiger partial charge >= 0.3 is 0 Å². The minimum atomic E-state index is 0.174. The van der Waals surface area contributed by atoms with Crippen molar-refractivity contribution in [1.82, 2.24) is 4.98 Å². The monoisotopic (exact) mass is 302 g/mol. The summed E-state index contributed by atoms with van der Waals surface area (Å²) in [6, 6.07) is 10.3. The Morgan fingerprint density at radius 3 is 2.48 bits per heavy atom. The number of rotatable bonds is 5. The molecule has 112 valence electrons. The molecular weight excluding hydrogens is 280 g/mol. The zero-order valence-electron chi connectivity index (χ0n) is 12.8. The van der Waals surface area contributed by atoms with Crippen LogP contribution in [0.15, 0.2) is 47.6 Å². The number of ether oxygens (including phenoxy) is 1. The topological polar surface area (TPSA) is 48.1 Å². The minimum Gasteiger partial charge on any atom is -0.493 e. The summed E-state index contributed by atoms with van der Waals surface area (Å²) >= 11 is 1.68. The first-order valence-corrected chi connectivity index (χ1v) is 8.01. The van der Waals surface area contributed by atoms with E-state index < -0.39 is 0 Å². The highest BCUT2D eigenvalue weighted by molar-refractivity contribution is 7.99. The summed E-state index contributed by atoms with van der Waals surface area (Å²) in [6.07, 6.45) is 3.43. The lowest BCUT2D eigenvalue weighted by molar-refractivity contribution is 0.343. The van der Waals surface area contributed by atoms with Gasteiger partial charge in [-0.1, -0.05) is 32.9 Å². The summed E-state index contributed by atoms with van der Waals surface area (Å²) in [7, 11) is 0. The number of nitrogen functional groups attached to an aromatic ring is 1. The highest BCUT2D eigenvalue weighted by atomic mass is 32.2. The standard InChI is InChI=1S/C17H22N2OS/c1-17(2,3)13-4-6-14(7-5-13)20-10-11-21-16-8-9-19-12-15(16)18/h4-9,12H,10-11,18H2,1-3H3. The fraction of sp³-hybridized carbons (Fsp3) is 0.353. The largest absolute Gasteiger partial charge is 0.493 e. The van der Waals surface area contributed by atoms with E-state index in [1.165, 1.54) is 5.56 Å². The van der Waals surface area contributed by atoms with Crippen molar-refractivity contribution in [3.05, 3.63) is 48.3 Å². The van der Waals surface area contributed by atoms with Crippen molar-refractivity contribution in [2.45, 2.75) is 31.1 Å². The Hall–Kier alpha value is -1.68. The number of thioether (sulfide) groups is 1. The van der Waals surface area contributed by atoms with Gasteiger partial charge in [-0.25, -0.2) is 0 Å². The molecule has 0 aliphatic carbocycles. The SMILES string of the molecule is CC(C)(C)c1ccc(OCCSc2ccncc2N)cc1. The zero-order chi connectivity index (χ0) is 15.3. The number of aromatic nitrogens is 1. The highest BCUT2D eigenvalue weighted by Gasteiger charge is 2.12. The number of nitrogens with zero attached hydrogens (tertiary/aromatic N) is 1. The van der Waals surface area contributed by atoms with Crippen LogP contribution in [0.4, 0.5) is 5.69 Å². The maximum atomic E-state index is 5.85. The van der Waals surface area contributed by atoms with Crippen LogP contribution < -0.4 is 10.5 Å². The van der Waals surface area contributed by atoms with Crippen molar-refractivity contribution in [3.8, 4) is 5.75 Å². The Morgan fingerprint density at radius 1 is 1.14 bits per heavy atom. The van der Waals surface area contributed by atoms with Crippen LogP contribution in [-0.2, 0) is 5.41 Å². The van der Waals surface area contributed by atoms with Crippen molar-refractivity contribution in [1.29, 1.82) is 0 Å². The lowest BCUT2D eigenvalue weighted by Crippen LogP contribution is -2.10. The van der Waals surface area contributed by atoms with Crippen LogP contribution in [-0.4, -0.2) is 17.3 Å². The molecule has 0 bridgehead atoms. The van der Waals surface area contributed by atoms with Gasteiger partial charge in [0.15, 0.2) is 0 Å². The summed E-state index contributed by atoms with van der Waals surface area (Å²) in [4.78, 5) is 5.03. The van der Waals surface area contributed by atoms with E-state index in [9.17, 15) is 0 Å². The number of pyridine rings is 1. The van der Waals surface area contributed by atoms with Crippen molar-refractivity contribution in [3.63, 3.8) is 0 Å². The van der Waals surface area contributed by atoms with E-state index in [4.69, 9.17) is 10.5 Å². The smallest absolute Gasteiger partial charge is 0.119 e. The second kappa shape index (κ2) is 6.85. The number of hydrogen-bond acceptors (Lipinski definition) is 4. The minimum absolute atomic E-state index is 0.174. The first kappa shape index (κ1) is 15.7. The summed E-state index contributed by atoms with van der Waals surface area (Å²) in [5, 5.41) is 0. The second-order valence-corrected chi connectivity index (χ2v) is 7.02. The molecule has 0 aliphatic rings. The summed E-state index contributed by atoms with van der Waals surface area (Å²) < 4.78 is 5.76. The first-order chi connectivity index (χ1) is 9.97. The molecular formula is C17H22N2OS. The van der Waals surface area contributed by atoms with E-state index in [2.05, 4.69) is 37.9 Å². The number of nitrogens with two attached hydrogens (primary N) is 1. The van der Waals surface area contributed by atoms with Gasteiger partial charge in [-0.2, -0.15) is 0 Å². The Bertz CT molecular complexity index is 576. The maximum absolute atomic E-state index is 5.85. The van der Waals surface area contributed by atoms with Crippen LogP contribution in [0.25, 0.3) is 0 Å². The van der Waals surface area contributed by atoms with Crippen LogP contribution in [0.1, 0.15) is 26.3 Å². The second-order valence-electron chi connectivity index (χ2n) is 5.88. The summed E-state index contributed by atoms with van der Waals surface area (Å²) in [5.41, 5.74) is 8.05. The molecule has 1 aromatic heterocycles. The Labute approximate surface area is 130 Å². The lowest BCUT2D eigenvalue weighted by Gasteiger charge is -2.19. The average molecular weight is 302 g/mol. The molecule has 1 heterocycles. The molecule has 0 saturated heterocycles. The third-order valence-electron chi connectivity index (χ3n) is 3.14. The number of anilines is 1. The van der Waals surface area contributed by atoms with Crippen molar-refractivity contribution >= 4 is 17.4 Å². The molecule has 0 radical (unpaired) electrons. The van der Waals surface area contributed by atoms with Gasteiger partial charge in [0, 0.05) is 16.8 Å². The van der Waals surface area contributed by atoms with Gasteiger partial charge in [0.25, 0.3) is 0 Å². The van der Waals surface area contributed by atoms with E-state index in [1.807, 2.05) is 18.2 Å². The molecule has 0 atom stereocenters. The Kier molecular flexibility index (Phi) is 5.12. The molecule has 0 unspecified atom stereocenters. The van der Waals surface area contributed by atoms with Crippen LogP contribution in [0.3, 0.4) is 0 Å². The van der Waals surface area contributed by atoms with Gasteiger partial charge in [-0.15, -0.1) is 11.8 Å². The number of hydrogen-bond donors (Lipinski definition) is 1. The van der Waals surface area contributed by atoms with E-state index >= 15 is 0 Å². The molecule has 2 N–H and O–H groups in total. The molecule has 21 heavy (non-hydrogen) atoms. The van der Waals surface area contributed by atoms with Crippen molar-refractivity contribution in [2.24, 2.45) is 0 Å². The molecule has 3 nitrogen and oxygen atoms in total.